The summed E-state index contributed by atoms with van der Waals surface area (Å²) < 4.78 is 0. The van der Waals surface area contributed by atoms with Crippen LogP contribution in [-0.2, 0) is 11.2 Å². The Balaban J connectivity index is 1.66. The third kappa shape index (κ3) is 4.90. The summed E-state index contributed by atoms with van der Waals surface area (Å²) in [4.78, 5) is 15.0. The number of rotatable bonds is 9. The molecule has 0 bridgehead atoms. The Hall–Kier alpha value is -1.81. The molecule has 2 aromatic rings. The zero-order valence-electron chi connectivity index (χ0n) is 12.7. The second kappa shape index (κ2) is 8.47. The maximum atomic E-state index is 11.7. The van der Waals surface area contributed by atoms with Gasteiger partial charge in [0, 0.05) is 30.1 Å². The number of benzene rings is 1. The van der Waals surface area contributed by atoms with Gasteiger partial charge < -0.3 is 15.6 Å². The molecule has 3 N–H and O–H groups in total. The van der Waals surface area contributed by atoms with E-state index in [1.807, 2.05) is 6.07 Å². The normalized spacial score (nSPS) is 10.9. The average Bonchev–Trinajstić information content (AvgIpc) is 2.91. The van der Waals surface area contributed by atoms with Crippen LogP contribution in [0.25, 0.3) is 10.9 Å². The van der Waals surface area contributed by atoms with Crippen molar-refractivity contribution >= 4 is 16.8 Å². The van der Waals surface area contributed by atoms with E-state index >= 15 is 0 Å². The minimum Gasteiger partial charge on any atom is -0.361 e. The third-order valence-electron chi connectivity index (χ3n) is 3.63. The fourth-order valence-electron chi connectivity index (χ4n) is 2.48. The van der Waals surface area contributed by atoms with Crippen LogP contribution in [0.15, 0.2) is 30.5 Å². The molecule has 0 fully saturated rings. The number of hydrogen-bond donors (Lipinski definition) is 3. The summed E-state index contributed by atoms with van der Waals surface area (Å²) in [6.07, 6.45) is 5.47. The average molecular weight is 287 g/mol. The van der Waals surface area contributed by atoms with Crippen molar-refractivity contribution in [1.29, 1.82) is 0 Å². The first kappa shape index (κ1) is 15.6. The highest BCUT2D eigenvalue weighted by Gasteiger charge is 2.05. The molecule has 1 heterocycles. The van der Waals surface area contributed by atoms with Crippen LogP contribution in [-0.4, -0.2) is 30.5 Å². The number of aryl methyl sites for hydroxylation is 1. The Labute approximate surface area is 126 Å². The van der Waals surface area contributed by atoms with E-state index in [4.69, 9.17) is 0 Å². The number of amides is 1. The molecule has 1 aromatic carbocycles. The maximum absolute atomic E-state index is 11.7. The number of hydrogen-bond acceptors (Lipinski definition) is 2. The summed E-state index contributed by atoms with van der Waals surface area (Å²) in [5.41, 5.74) is 2.46. The molecule has 0 radical (unpaired) electrons. The van der Waals surface area contributed by atoms with E-state index < -0.39 is 0 Å². The largest absolute Gasteiger partial charge is 0.361 e. The Morgan fingerprint density at radius 3 is 2.90 bits per heavy atom. The Morgan fingerprint density at radius 1 is 1.19 bits per heavy atom. The minimum absolute atomic E-state index is 0.159. The Bertz CT molecular complexity index is 562. The molecular formula is C17H25N3O. The van der Waals surface area contributed by atoms with E-state index in [0.29, 0.717) is 6.42 Å². The molecule has 0 saturated carbocycles. The van der Waals surface area contributed by atoms with Crippen LogP contribution in [0, 0.1) is 0 Å². The first-order valence-electron chi connectivity index (χ1n) is 7.83. The van der Waals surface area contributed by atoms with Gasteiger partial charge in [0.05, 0.1) is 0 Å². The first-order chi connectivity index (χ1) is 10.3. The van der Waals surface area contributed by atoms with E-state index in [0.717, 1.165) is 38.9 Å². The fraction of sp³-hybridized carbons (Fsp3) is 0.471. The van der Waals surface area contributed by atoms with Gasteiger partial charge >= 0.3 is 0 Å². The van der Waals surface area contributed by atoms with E-state index in [2.05, 4.69) is 46.9 Å². The summed E-state index contributed by atoms with van der Waals surface area (Å²) in [6, 6.07) is 8.29. The number of carbonyl (C=O) groups excluding carboxylic acids is 1. The molecule has 0 unspecified atom stereocenters. The number of para-hydroxylation sites is 1. The lowest BCUT2D eigenvalue weighted by molar-refractivity contribution is -0.121. The summed E-state index contributed by atoms with van der Waals surface area (Å²) >= 11 is 0. The van der Waals surface area contributed by atoms with Gasteiger partial charge in [0.25, 0.3) is 0 Å². The monoisotopic (exact) mass is 287 g/mol. The van der Waals surface area contributed by atoms with Gasteiger partial charge in [-0.15, -0.1) is 0 Å². The minimum atomic E-state index is 0.159. The van der Waals surface area contributed by atoms with Gasteiger partial charge in [-0.1, -0.05) is 25.1 Å². The van der Waals surface area contributed by atoms with Crippen LogP contribution in [0.2, 0.25) is 0 Å². The quantitative estimate of drug-likeness (QED) is 0.621. The summed E-state index contributed by atoms with van der Waals surface area (Å²) in [7, 11) is 0. The lowest BCUT2D eigenvalue weighted by Gasteiger charge is -2.05. The Morgan fingerprint density at radius 2 is 2.05 bits per heavy atom. The summed E-state index contributed by atoms with van der Waals surface area (Å²) in [5, 5.41) is 7.49. The molecule has 1 amide bonds. The molecule has 0 aliphatic heterocycles. The summed E-state index contributed by atoms with van der Waals surface area (Å²) in [6.45, 7) is 4.80. The van der Waals surface area contributed by atoms with Crippen molar-refractivity contribution in [2.75, 3.05) is 19.6 Å². The molecule has 0 aliphatic carbocycles. The molecule has 0 spiro atoms. The predicted molar refractivity (Wildman–Crippen MR) is 87.4 cm³/mol. The van der Waals surface area contributed by atoms with Crippen molar-refractivity contribution in [3.63, 3.8) is 0 Å². The number of carbonyl (C=O) groups is 1. The van der Waals surface area contributed by atoms with Crippen molar-refractivity contribution in [1.82, 2.24) is 15.6 Å². The standard InChI is InChI=1S/C17H25N3O/c1-2-18-11-6-12-19-17(21)10-5-7-14-13-20-16-9-4-3-8-15(14)16/h3-4,8-9,13,18,20H,2,5-7,10-12H2,1H3,(H,19,21). The highest BCUT2D eigenvalue weighted by atomic mass is 16.1. The Kier molecular flexibility index (Phi) is 6.28. The molecule has 4 nitrogen and oxygen atoms in total. The van der Waals surface area contributed by atoms with Crippen LogP contribution >= 0.6 is 0 Å². The number of nitrogens with one attached hydrogen (secondary N) is 3. The molecule has 4 heteroatoms. The van der Waals surface area contributed by atoms with Crippen LogP contribution < -0.4 is 10.6 Å². The van der Waals surface area contributed by atoms with Crippen LogP contribution in [0.4, 0.5) is 0 Å². The number of aromatic nitrogens is 1. The van der Waals surface area contributed by atoms with Crippen LogP contribution in [0.5, 0.6) is 0 Å². The number of H-pyrrole nitrogens is 1. The molecule has 21 heavy (non-hydrogen) atoms. The van der Waals surface area contributed by atoms with Crippen molar-refractivity contribution in [2.45, 2.75) is 32.6 Å². The first-order valence-corrected chi connectivity index (χ1v) is 7.83. The van der Waals surface area contributed by atoms with E-state index in [1.165, 1.54) is 16.5 Å². The second-order valence-electron chi connectivity index (χ2n) is 5.27. The lowest BCUT2D eigenvalue weighted by Crippen LogP contribution is -2.27. The van der Waals surface area contributed by atoms with Crippen molar-refractivity contribution in [3.05, 3.63) is 36.0 Å². The highest BCUT2D eigenvalue weighted by Crippen LogP contribution is 2.19. The molecular weight excluding hydrogens is 262 g/mol. The van der Waals surface area contributed by atoms with Crippen LogP contribution in [0.3, 0.4) is 0 Å². The van der Waals surface area contributed by atoms with Gasteiger partial charge in [0.2, 0.25) is 5.91 Å². The topological polar surface area (TPSA) is 56.9 Å². The molecule has 2 rings (SSSR count). The zero-order valence-corrected chi connectivity index (χ0v) is 12.7. The smallest absolute Gasteiger partial charge is 0.220 e. The molecule has 1 aromatic heterocycles. The molecule has 0 atom stereocenters. The summed E-state index contributed by atoms with van der Waals surface area (Å²) in [5.74, 6) is 0.159. The maximum Gasteiger partial charge on any atom is 0.220 e. The van der Waals surface area contributed by atoms with E-state index in [1.54, 1.807) is 0 Å². The number of fused-ring (bicyclic) bond motifs is 1. The van der Waals surface area contributed by atoms with Gasteiger partial charge in [0.1, 0.15) is 0 Å². The van der Waals surface area contributed by atoms with Gasteiger partial charge in [-0.25, -0.2) is 0 Å². The van der Waals surface area contributed by atoms with Crippen molar-refractivity contribution in [2.24, 2.45) is 0 Å². The second-order valence-corrected chi connectivity index (χ2v) is 5.27. The van der Waals surface area contributed by atoms with Crippen molar-refractivity contribution < 1.29 is 4.79 Å². The number of aromatic amines is 1. The van der Waals surface area contributed by atoms with Crippen LogP contribution in [0.1, 0.15) is 31.7 Å². The van der Waals surface area contributed by atoms with E-state index in [-0.39, 0.29) is 5.91 Å². The predicted octanol–water partition coefficient (Wildman–Crippen LogP) is 2.61. The van der Waals surface area contributed by atoms with Gasteiger partial charge in [-0.3, -0.25) is 4.79 Å². The fourth-order valence-corrected chi connectivity index (χ4v) is 2.48. The van der Waals surface area contributed by atoms with Crippen molar-refractivity contribution in [3.8, 4) is 0 Å². The molecule has 114 valence electrons. The van der Waals surface area contributed by atoms with Gasteiger partial charge in [-0.05, 0) is 44.0 Å². The lowest BCUT2D eigenvalue weighted by atomic mass is 10.1. The van der Waals surface area contributed by atoms with E-state index in [9.17, 15) is 4.79 Å². The zero-order chi connectivity index (χ0) is 14.9. The van der Waals surface area contributed by atoms with Gasteiger partial charge in [-0.2, -0.15) is 0 Å². The molecule has 0 aliphatic rings. The van der Waals surface area contributed by atoms with Gasteiger partial charge in [0.15, 0.2) is 0 Å². The third-order valence-corrected chi connectivity index (χ3v) is 3.63. The highest BCUT2D eigenvalue weighted by molar-refractivity contribution is 5.83. The molecule has 0 saturated heterocycles. The SMILES string of the molecule is CCNCCCNC(=O)CCCc1c[nH]c2ccccc12.